The average molecular weight is 257 g/mol. The van der Waals surface area contributed by atoms with Crippen LogP contribution in [0.5, 0.6) is 0 Å². The molecule has 0 radical (unpaired) electrons. The number of carboxylic acid groups (broad SMARTS) is 1. The van der Waals surface area contributed by atoms with Crippen LogP contribution in [0.15, 0.2) is 28.7 Å². The van der Waals surface area contributed by atoms with Gasteiger partial charge in [0, 0.05) is 4.47 Å². The molecule has 0 saturated carbocycles. The summed E-state index contributed by atoms with van der Waals surface area (Å²) in [5, 5.41) is 8.71. The Balaban J connectivity index is 2.49. The van der Waals surface area contributed by atoms with Gasteiger partial charge in [0.05, 0.1) is 5.92 Å². The maximum atomic E-state index is 10.6. The third kappa shape index (κ3) is 3.50. The van der Waals surface area contributed by atoms with Crippen molar-refractivity contribution in [1.82, 2.24) is 0 Å². The Hall–Kier alpha value is -0.830. The minimum absolute atomic E-state index is 0.269. The van der Waals surface area contributed by atoms with Crippen LogP contribution in [0, 0.1) is 5.92 Å². The Morgan fingerprint density at radius 3 is 2.86 bits per heavy atom. The number of benzene rings is 1. The van der Waals surface area contributed by atoms with Crippen LogP contribution < -0.4 is 0 Å². The second kappa shape index (κ2) is 5.15. The summed E-state index contributed by atoms with van der Waals surface area (Å²) >= 11 is 3.38. The summed E-state index contributed by atoms with van der Waals surface area (Å²) in [5.41, 5.74) is 1.17. The van der Waals surface area contributed by atoms with Gasteiger partial charge in [-0.3, -0.25) is 4.79 Å². The Morgan fingerprint density at radius 2 is 2.29 bits per heavy atom. The summed E-state index contributed by atoms with van der Waals surface area (Å²) < 4.78 is 1.04. The lowest BCUT2D eigenvalue weighted by Crippen LogP contribution is -2.10. The highest BCUT2D eigenvalue weighted by Crippen LogP contribution is 2.15. The molecule has 0 spiro atoms. The van der Waals surface area contributed by atoms with Crippen LogP contribution in [0.3, 0.4) is 0 Å². The van der Waals surface area contributed by atoms with Gasteiger partial charge in [-0.2, -0.15) is 0 Å². The molecule has 0 aliphatic carbocycles. The first-order valence-corrected chi connectivity index (χ1v) is 5.36. The van der Waals surface area contributed by atoms with E-state index in [4.69, 9.17) is 5.11 Å². The van der Waals surface area contributed by atoms with Crippen molar-refractivity contribution in [3.8, 4) is 0 Å². The van der Waals surface area contributed by atoms with Gasteiger partial charge in [0.1, 0.15) is 0 Å². The molecule has 0 bridgehead atoms. The normalized spacial score (nSPS) is 12.4. The van der Waals surface area contributed by atoms with Gasteiger partial charge in [-0.25, -0.2) is 0 Å². The van der Waals surface area contributed by atoms with E-state index in [0.717, 1.165) is 10.9 Å². The molecule has 1 aromatic carbocycles. The molecule has 1 rings (SSSR count). The van der Waals surface area contributed by atoms with Crippen molar-refractivity contribution in [1.29, 1.82) is 0 Å². The number of rotatable bonds is 4. The van der Waals surface area contributed by atoms with Gasteiger partial charge in [-0.15, -0.1) is 0 Å². The SMILES string of the molecule is CC(CCc1cccc(Br)c1)C(=O)O. The van der Waals surface area contributed by atoms with Crippen molar-refractivity contribution >= 4 is 21.9 Å². The van der Waals surface area contributed by atoms with Crippen LogP contribution in [-0.4, -0.2) is 11.1 Å². The zero-order valence-electron chi connectivity index (χ0n) is 8.03. The molecule has 0 aliphatic heterocycles. The average Bonchev–Trinajstić information content (AvgIpc) is 2.14. The monoisotopic (exact) mass is 256 g/mol. The topological polar surface area (TPSA) is 37.3 Å². The number of halogens is 1. The Morgan fingerprint density at radius 1 is 1.57 bits per heavy atom. The van der Waals surface area contributed by atoms with Crippen LogP contribution in [0.25, 0.3) is 0 Å². The van der Waals surface area contributed by atoms with E-state index in [1.165, 1.54) is 5.56 Å². The molecule has 14 heavy (non-hydrogen) atoms. The highest BCUT2D eigenvalue weighted by atomic mass is 79.9. The first-order valence-electron chi connectivity index (χ1n) is 4.57. The van der Waals surface area contributed by atoms with Gasteiger partial charge >= 0.3 is 5.97 Å². The van der Waals surface area contributed by atoms with E-state index in [1.54, 1.807) is 6.92 Å². The van der Waals surface area contributed by atoms with Crippen LogP contribution in [0.4, 0.5) is 0 Å². The summed E-state index contributed by atoms with van der Waals surface area (Å²) in [5.74, 6) is -0.992. The number of hydrogen-bond acceptors (Lipinski definition) is 1. The quantitative estimate of drug-likeness (QED) is 0.899. The van der Waals surface area contributed by atoms with Gasteiger partial charge in [0.2, 0.25) is 0 Å². The largest absolute Gasteiger partial charge is 0.481 e. The van der Waals surface area contributed by atoms with Gasteiger partial charge in [0.25, 0.3) is 0 Å². The molecule has 1 atom stereocenters. The maximum Gasteiger partial charge on any atom is 0.306 e. The Labute approximate surface area is 92.1 Å². The van der Waals surface area contributed by atoms with Crippen molar-refractivity contribution in [3.05, 3.63) is 34.3 Å². The van der Waals surface area contributed by atoms with Gasteiger partial charge in [-0.05, 0) is 30.5 Å². The Kier molecular flexibility index (Phi) is 4.14. The summed E-state index contributed by atoms with van der Waals surface area (Å²) in [6, 6.07) is 7.96. The predicted octanol–water partition coefficient (Wildman–Crippen LogP) is 3.10. The van der Waals surface area contributed by atoms with Gasteiger partial charge < -0.3 is 5.11 Å². The maximum absolute atomic E-state index is 10.6. The number of aryl methyl sites for hydroxylation is 1. The fourth-order valence-electron chi connectivity index (χ4n) is 1.20. The fraction of sp³-hybridized carbons (Fsp3) is 0.364. The molecule has 76 valence electrons. The fourth-order valence-corrected chi connectivity index (χ4v) is 1.65. The first-order chi connectivity index (χ1) is 6.59. The van der Waals surface area contributed by atoms with Crippen molar-refractivity contribution in [3.63, 3.8) is 0 Å². The zero-order valence-corrected chi connectivity index (χ0v) is 9.62. The highest BCUT2D eigenvalue weighted by Gasteiger charge is 2.10. The standard InChI is InChI=1S/C11H13BrO2/c1-8(11(13)14)5-6-9-3-2-4-10(12)7-9/h2-4,7-8H,5-6H2,1H3,(H,13,14). The lowest BCUT2D eigenvalue weighted by atomic mass is 10.0. The third-order valence-electron chi connectivity index (χ3n) is 2.18. The molecular formula is C11H13BrO2. The van der Waals surface area contributed by atoms with Crippen molar-refractivity contribution in [2.45, 2.75) is 19.8 Å². The molecule has 2 nitrogen and oxygen atoms in total. The lowest BCUT2D eigenvalue weighted by Gasteiger charge is -2.05. The molecular weight excluding hydrogens is 244 g/mol. The zero-order chi connectivity index (χ0) is 10.6. The number of aliphatic carboxylic acids is 1. The van der Waals surface area contributed by atoms with E-state index < -0.39 is 5.97 Å². The molecule has 0 heterocycles. The molecule has 1 N–H and O–H groups in total. The second-order valence-corrected chi connectivity index (χ2v) is 4.32. The van der Waals surface area contributed by atoms with Crippen LogP contribution in [-0.2, 0) is 11.2 Å². The predicted molar refractivity (Wildman–Crippen MR) is 59.3 cm³/mol. The number of carboxylic acids is 1. The smallest absolute Gasteiger partial charge is 0.306 e. The van der Waals surface area contributed by atoms with Crippen LogP contribution in [0.2, 0.25) is 0 Å². The molecule has 1 aromatic rings. The van der Waals surface area contributed by atoms with Gasteiger partial charge in [-0.1, -0.05) is 35.0 Å². The molecule has 1 unspecified atom stereocenters. The number of hydrogen-bond donors (Lipinski definition) is 1. The molecule has 0 fully saturated rings. The van der Waals surface area contributed by atoms with E-state index in [-0.39, 0.29) is 5.92 Å². The summed E-state index contributed by atoms with van der Waals surface area (Å²) in [6.07, 6.45) is 1.50. The molecule has 0 aliphatic rings. The number of carbonyl (C=O) groups is 1. The lowest BCUT2D eigenvalue weighted by molar-refractivity contribution is -0.141. The molecule has 3 heteroatoms. The summed E-state index contributed by atoms with van der Waals surface area (Å²) in [4.78, 5) is 10.6. The van der Waals surface area contributed by atoms with E-state index in [2.05, 4.69) is 15.9 Å². The van der Waals surface area contributed by atoms with Crippen LogP contribution in [0.1, 0.15) is 18.9 Å². The van der Waals surface area contributed by atoms with Crippen molar-refractivity contribution < 1.29 is 9.90 Å². The molecule has 0 aromatic heterocycles. The van der Waals surface area contributed by atoms with Gasteiger partial charge in [0.15, 0.2) is 0 Å². The first kappa shape index (κ1) is 11.2. The molecule has 0 saturated heterocycles. The van der Waals surface area contributed by atoms with Crippen molar-refractivity contribution in [2.75, 3.05) is 0 Å². The Bertz CT molecular complexity index is 323. The van der Waals surface area contributed by atoms with E-state index in [9.17, 15) is 4.79 Å². The van der Waals surface area contributed by atoms with E-state index in [1.807, 2.05) is 24.3 Å². The second-order valence-electron chi connectivity index (χ2n) is 3.41. The van der Waals surface area contributed by atoms with Crippen LogP contribution >= 0.6 is 15.9 Å². The molecule has 0 amide bonds. The van der Waals surface area contributed by atoms with E-state index >= 15 is 0 Å². The summed E-state index contributed by atoms with van der Waals surface area (Å²) in [7, 11) is 0. The summed E-state index contributed by atoms with van der Waals surface area (Å²) in [6.45, 7) is 1.74. The minimum atomic E-state index is -0.722. The van der Waals surface area contributed by atoms with E-state index in [0.29, 0.717) is 6.42 Å². The third-order valence-corrected chi connectivity index (χ3v) is 2.67. The van der Waals surface area contributed by atoms with Crippen molar-refractivity contribution in [2.24, 2.45) is 5.92 Å². The minimum Gasteiger partial charge on any atom is -0.481 e. The highest BCUT2D eigenvalue weighted by molar-refractivity contribution is 9.10.